The second-order valence-corrected chi connectivity index (χ2v) is 6.53. The number of carbonyl (C=O) groups is 1. The Hall–Kier alpha value is -1.42. The van der Waals surface area contributed by atoms with Gasteiger partial charge in [-0.05, 0) is 61.9 Å². The summed E-state index contributed by atoms with van der Waals surface area (Å²) in [7, 11) is 1.93. The van der Waals surface area contributed by atoms with Crippen molar-refractivity contribution in [1.29, 1.82) is 0 Å². The van der Waals surface area contributed by atoms with Gasteiger partial charge in [0.25, 0.3) is 0 Å². The summed E-state index contributed by atoms with van der Waals surface area (Å²) in [5.41, 5.74) is 1.44. The van der Waals surface area contributed by atoms with Crippen molar-refractivity contribution in [2.45, 2.75) is 31.6 Å². The minimum atomic E-state index is 0.308. The summed E-state index contributed by atoms with van der Waals surface area (Å²) in [5, 5.41) is 0. The van der Waals surface area contributed by atoms with Crippen molar-refractivity contribution >= 4 is 5.91 Å². The van der Waals surface area contributed by atoms with Gasteiger partial charge >= 0.3 is 0 Å². The fourth-order valence-corrected chi connectivity index (χ4v) is 3.70. The van der Waals surface area contributed by atoms with Gasteiger partial charge in [-0.1, -0.05) is 0 Å². The Morgan fingerprint density at radius 1 is 1.19 bits per heavy atom. The van der Waals surface area contributed by atoms with E-state index < -0.39 is 0 Å². The minimum absolute atomic E-state index is 0.308. The summed E-state index contributed by atoms with van der Waals surface area (Å²) in [5.74, 6) is 1.66. The van der Waals surface area contributed by atoms with Crippen LogP contribution in [0.1, 0.15) is 37.2 Å². The number of carbonyl (C=O) groups excluding carboxylic acids is 1. The Bertz CT molecular complexity index is 468. The molecule has 0 aromatic carbocycles. The first-order valence-electron chi connectivity index (χ1n) is 8.08. The smallest absolute Gasteiger partial charge is 0.222 e. The fraction of sp³-hybridized carbons (Fsp3) is 0.647. The molecule has 114 valence electrons. The zero-order valence-corrected chi connectivity index (χ0v) is 12.9. The van der Waals surface area contributed by atoms with Gasteiger partial charge < -0.3 is 9.80 Å². The SMILES string of the molecule is CN1CC(CN2CCC(c3ccncc3)CC2)CCC1=O. The van der Waals surface area contributed by atoms with Crippen LogP contribution in [0.3, 0.4) is 0 Å². The highest BCUT2D eigenvalue weighted by Crippen LogP contribution is 2.28. The molecule has 3 heterocycles. The van der Waals surface area contributed by atoms with Crippen LogP contribution in [0.2, 0.25) is 0 Å². The molecule has 1 aromatic rings. The first kappa shape index (κ1) is 14.5. The van der Waals surface area contributed by atoms with Crippen molar-refractivity contribution in [1.82, 2.24) is 14.8 Å². The van der Waals surface area contributed by atoms with E-state index in [0.29, 0.717) is 17.7 Å². The van der Waals surface area contributed by atoms with Crippen molar-refractivity contribution in [3.05, 3.63) is 30.1 Å². The van der Waals surface area contributed by atoms with Gasteiger partial charge in [-0.15, -0.1) is 0 Å². The van der Waals surface area contributed by atoms with Crippen LogP contribution in [0.5, 0.6) is 0 Å². The molecular weight excluding hydrogens is 262 g/mol. The Balaban J connectivity index is 1.47. The molecule has 2 aliphatic heterocycles. The minimum Gasteiger partial charge on any atom is -0.345 e. The molecule has 0 radical (unpaired) electrons. The molecule has 1 aromatic heterocycles. The van der Waals surface area contributed by atoms with Gasteiger partial charge in [0, 0.05) is 39.0 Å². The molecule has 0 saturated carbocycles. The largest absolute Gasteiger partial charge is 0.345 e. The molecule has 1 atom stereocenters. The summed E-state index contributed by atoms with van der Waals surface area (Å²) in [6.07, 6.45) is 8.08. The Morgan fingerprint density at radius 2 is 1.90 bits per heavy atom. The van der Waals surface area contributed by atoms with Crippen molar-refractivity contribution in [2.75, 3.05) is 33.2 Å². The summed E-state index contributed by atoms with van der Waals surface area (Å²) in [6, 6.07) is 4.31. The Morgan fingerprint density at radius 3 is 2.57 bits per heavy atom. The van der Waals surface area contributed by atoms with E-state index in [0.717, 1.165) is 25.9 Å². The Labute approximate surface area is 127 Å². The van der Waals surface area contributed by atoms with Crippen molar-refractivity contribution in [3.63, 3.8) is 0 Å². The predicted octanol–water partition coefficient (Wildman–Crippen LogP) is 2.13. The molecule has 2 fully saturated rings. The lowest BCUT2D eigenvalue weighted by Crippen LogP contribution is -2.43. The Kier molecular flexibility index (Phi) is 4.54. The average molecular weight is 287 g/mol. The first-order chi connectivity index (χ1) is 10.2. The lowest BCUT2D eigenvalue weighted by molar-refractivity contribution is -0.133. The number of hydrogen-bond acceptors (Lipinski definition) is 3. The lowest BCUT2D eigenvalue weighted by Gasteiger charge is -2.37. The molecule has 0 N–H and O–H groups in total. The predicted molar refractivity (Wildman–Crippen MR) is 83.0 cm³/mol. The maximum absolute atomic E-state index is 11.5. The van der Waals surface area contributed by atoms with Crippen LogP contribution in [0.25, 0.3) is 0 Å². The third kappa shape index (κ3) is 3.62. The second-order valence-electron chi connectivity index (χ2n) is 6.53. The van der Waals surface area contributed by atoms with Gasteiger partial charge in [0.1, 0.15) is 0 Å². The number of piperidine rings is 2. The van der Waals surface area contributed by atoms with Crippen LogP contribution < -0.4 is 0 Å². The molecule has 0 aliphatic carbocycles. The van der Waals surface area contributed by atoms with E-state index in [2.05, 4.69) is 22.0 Å². The van der Waals surface area contributed by atoms with E-state index in [-0.39, 0.29) is 0 Å². The zero-order valence-electron chi connectivity index (χ0n) is 12.9. The van der Waals surface area contributed by atoms with E-state index in [1.54, 1.807) is 0 Å². The number of rotatable bonds is 3. The summed E-state index contributed by atoms with van der Waals surface area (Å²) >= 11 is 0. The number of aromatic nitrogens is 1. The molecule has 1 amide bonds. The number of pyridine rings is 1. The van der Waals surface area contributed by atoms with E-state index in [1.807, 2.05) is 24.3 Å². The summed E-state index contributed by atoms with van der Waals surface area (Å²) in [4.78, 5) is 20.1. The van der Waals surface area contributed by atoms with Crippen LogP contribution in [0.15, 0.2) is 24.5 Å². The molecule has 0 spiro atoms. The van der Waals surface area contributed by atoms with Gasteiger partial charge in [-0.2, -0.15) is 0 Å². The van der Waals surface area contributed by atoms with Gasteiger partial charge in [0.05, 0.1) is 0 Å². The lowest BCUT2D eigenvalue weighted by atomic mass is 9.89. The van der Waals surface area contributed by atoms with E-state index in [1.165, 1.54) is 31.5 Å². The summed E-state index contributed by atoms with van der Waals surface area (Å²) in [6.45, 7) is 4.45. The monoisotopic (exact) mass is 287 g/mol. The van der Waals surface area contributed by atoms with E-state index in [4.69, 9.17) is 0 Å². The van der Waals surface area contributed by atoms with Gasteiger partial charge in [-0.3, -0.25) is 9.78 Å². The topological polar surface area (TPSA) is 36.4 Å². The highest BCUT2D eigenvalue weighted by atomic mass is 16.2. The van der Waals surface area contributed by atoms with Crippen LogP contribution in [0.4, 0.5) is 0 Å². The second kappa shape index (κ2) is 6.56. The maximum atomic E-state index is 11.5. The van der Waals surface area contributed by atoms with Crippen molar-refractivity contribution in [2.24, 2.45) is 5.92 Å². The molecule has 21 heavy (non-hydrogen) atoms. The van der Waals surface area contributed by atoms with Gasteiger partial charge in [-0.25, -0.2) is 0 Å². The van der Waals surface area contributed by atoms with Gasteiger partial charge in [0.15, 0.2) is 0 Å². The van der Waals surface area contributed by atoms with Crippen LogP contribution in [0, 0.1) is 5.92 Å². The third-order valence-corrected chi connectivity index (χ3v) is 5.01. The molecule has 2 saturated heterocycles. The van der Waals surface area contributed by atoms with Gasteiger partial charge in [0.2, 0.25) is 5.91 Å². The van der Waals surface area contributed by atoms with Crippen molar-refractivity contribution in [3.8, 4) is 0 Å². The normalized spacial score (nSPS) is 25.3. The van der Waals surface area contributed by atoms with Crippen molar-refractivity contribution < 1.29 is 4.79 Å². The molecule has 3 rings (SSSR count). The quantitative estimate of drug-likeness (QED) is 0.854. The maximum Gasteiger partial charge on any atom is 0.222 e. The highest BCUT2D eigenvalue weighted by molar-refractivity contribution is 5.76. The third-order valence-electron chi connectivity index (χ3n) is 5.01. The van der Waals surface area contributed by atoms with E-state index >= 15 is 0 Å². The van der Waals surface area contributed by atoms with Crippen LogP contribution in [-0.4, -0.2) is 53.9 Å². The zero-order chi connectivity index (χ0) is 14.7. The molecule has 0 bridgehead atoms. The van der Waals surface area contributed by atoms with Crippen LogP contribution >= 0.6 is 0 Å². The average Bonchev–Trinajstić information content (AvgIpc) is 2.53. The molecule has 4 heteroatoms. The fourth-order valence-electron chi connectivity index (χ4n) is 3.70. The number of hydrogen-bond donors (Lipinski definition) is 0. The number of amides is 1. The van der Waals surface area contributed by atoms with E-state index in [9.17, 15) is 4.79 Å². The molecule has 2 aliphatic rings. The first-order valence-corrected chi connectivity index (χ1v) is 8.08. The standard InChI is InChI=1S/C17H25N3O/c1-19-12-14(2-3-17(19)21)13-20-10-6-16(7-11-20)15-4-8-18-9-5-15/h4-5,8-9,14,16H,2-3,6-7,10-13H2,1H3. The highest BCUT2D eigenvalue weighted by Gasteiger charge is 2.27. The number of likely N-dealkylation sites (tertiary alicyclic amines) is 2. The van der Waals surface area contributed by atoms with Crippen LogP contribution in [-0.2, 0) is 4.79 Å². The molecule has 4 nitrogen and oxygen atoms in total. The molecule has 1 unspecified atom stereocenters. The number of nitrogens with zero attached hydrogens (tertiary/aromatic N) is 3. The molecular formula is C17H25N3O. The summed E-state index contributed by atoms with van der Waals surface area (Å²) < 4.78 is 0.